The Morgan fingerprint density at radius 3 is 2.79 bits per heavy atom. The van der Waals surface area contributed by atoms with Gasteiger partial charge in [-0.15, -0.1) is 23.7 Å². The van der Waals surface area contributed by atoms with Crippen LogP contribution < -0.4 is 5.32 Å². The fraction of sp³-hybridized carbons (Fsp3) is 0.526. The summed E-state index contributed by atoms with van der Waals surface area (Å²) in [6.07, 6.45) is 3.71. The highest BCUT2D eigenvalue weighted by atomic mass is 35.5. The van der Waals surface area contributed by atoms with Crippen molar-refractivity contribution in [3.63, 3.8) is 0 Å². The summed E-state index contributed by atoms with van der Waals surface area (Å²) < 4.78 is 0. The number of thiazole rings is 1. The van der Waals surface area contributed by atoms with Crippen LogP contribution in [0.15, 0.2) is 35.8 Å². The van der Waals surface area contributed by atoms with Gasteiger partial charge in [-0.05, 0) is 57.3 Å². The Bertz CT molecular complexity index is 581. The minimum absolute atomic E-state index is 0. The van der Waals surface area contributed by atoms with Gasteiger partial charge in [0.1, 0.15) is 0 Å². The third kappa shape index (κ3) is 5.85. The van der Waals surface area contributed by atoms with Crippen molar-refractivity contribution in [2.24, 2.45) is 5.92 Å². The molecule has 1 N–H and O–H groups in total. The maximum absolute atomic E-state index is 4.41. The summed E-state index contributed by atoms with van der Waals surface area (Å²) in [5.74, 6) is 0.806. The van der Waals surface area contributed by atoms with Crippen LogP contribution in [-0.4, -0.2) is 36.1 Å². The number of hydrogen-bond donors (Lipinski definition) is 1. The van der Waals surface area contributed by atoms with Gasteiger partial charge in [-0.2, -0.15) is 0 Å². The third-order valence-electron chi connectivity index (χ3n) is 4.67. The molecule has 3 rings (SSSR count). The van der Waals surface area contributed by atoms with Gasteiger partial charge >= 0.3 is 0 Å². The number of aromatic nitrogens is 1. The zero-order valence-corrected chi connectivity index (χ0v) is 16.0. The molecule has 132 valence electrons. The minimum atomic E-state index is 0. The quantitative estimate of drug-likeness (QED) is 0.768. The zero-order valence-electron chi connectivity index (χ0n) is 14.4. The summed E-state index contributed by atoms with van der Waals surface area (Å²) in [6.45, 7) is 7.92. The predicted molar refractivity (Wildman–Crippen MR) is 105 cm³/mol. The average molecular weight is 366 g/mol. The van der Waals surface area contributed by atoms with E-state index >= 15 is 0 Å². The monoisotopic (exact) mass is 365 g/mol. The Balaban J connectivity index is 0.00000208. The van der Waals surface area contributed by atoms with Gasteiger partial charge in [0, 0.05) is 18.0 Å². The molecule has 1 aliphatic rings. The Morgan fingerprint density at radius 1 is 1.29 bits per heavy atom. The molecule has 0 aliphatic carbocycles. The largest absolute Gasteiger partial charge is 0.316 e. The van der Waals surface area contributed by atoms with Crippen molar-refractivity contribution >= 4 is 23.7 Å². The molecule has 1 unspecified atom stereocenters. The molecule has 0 radical (unpaired) electrons. The number of nitrogens with one attached hydrogen (secondary N) is 1. The molecule has 1 saturated heterocycles. The summed E-state index contributed by atoms with van der Waals surface area (Å²) in [4.78, 5) is 8.48. The predicted octanol–water partition coefficient (Wildman–Crippen LogP) is 3.92. The van der Waals surface area contributed by atoms with E-state index < -0.39 is 0 Å². The Labute approximate surface area is 155 Å². The van der Waals surface area contributed by atoms with Crippen LogP contribution in [0.25, 0.3) is 0 Å². The molecule has 0 amide bonds. The molecule has 5 heteroatoms. The van der Waals surface area contributed by atoms with Gasteiger partial charge in [0.2, 0.25) is 0 Å². The van der Waals surface area contributed by atoms with Crippen molar-refractivity contribution in [1.29, 1.82) is 0 Å². The Hall–Kier alpha value is -0.940. The van der Waals surface area contributed by atoms with E-state index in [1.54, 1.807) is 11.3 Å². The lowest BCUT2D eigenvalue weighted by molar-refractivity contribution is 0.228. The molecule has 2 aromatic rings. The first-order valence-corrected chi connectivity index (χ1v) is 9.55. The average Bonchev–Trinajstić information content (AvgIpc) is 3.21. The topological polar surface area (TPSA) is 28.2 Å². The first-order chi connectivity index (χ1) is 11.3. The van der Waals surface area contributed by atoms with Gasteiger partial charge in [0.15, 0.2) is 0 Å². The summed E-state index contributed by atoms with van der Waals surface area (Å²) in [7, 11) is 0. The Morgan fingerprint density at radius 2 is 2.12 bits per heavy atom. The van der Waals surface area contributed by atoms with E-state index in [0.717, 1.165) is 12.5 Å². The first-order valence-electron chi connectivity index (χ1n) is 8.67. The van der Waals surface area contributed by atoms with Crippen molar-refractivity contribution in [2.45, 2.75) is 32.7 Å². The van der Waals surface area contributed by atoms with Crippen LogP contribution in [0, 0.1) is 12.8 Å². The molecule has 1 aliphatic heterocycles. The van der Waals surface area contributed by atoms with Crippen LogP contribution in [-0.2, 0) is 13.0 Å². The molecule has 1 atom stereocenters. The summed E-state index contributed by atoms with van der Waals surface area (Å²) >= 11 is 1.80. The lowest BCUT2D eigenvalue weighted by Gasteiger charge is -2.25. The fourth-order valence-electron chi connectivity index (χ4n) is 3.30. The highest BCUT2D eigenvalue weighted by molar-refractivity contribution is 7.09. The number of nitrogens with zero attached hydrogens (tertiary/aromatic N) is 2. The van der Waals surface area contributed by atoms with E-state index in [1.165, 1.54) is 61.6 Å². The van der Waals surface area contributed by atoms with Gasteiger partial charge in [-0.3, -0.25) is 4.90 Å². The lowest BCUT2D eigenvalue weighted by atomic mass is 10.1. The van der Waals surface area contributed by atoms with Crippen LogP contribution in [0.5, 0.6) is 0 Å². The molecule has 0 bridgehead atoms. The summed E-state index contributed by atoms with van der Waals surface area (Å²) in [5, 5.41) is 3.49. The van der Waals surface area contributed by atoms with Crippen LogP contribution >= 0.6 is 23.7 Å². The lowest BCUT2D eigenvalue weighted by Crippen LogP contribution is -2.31. The van der Waals surface area contributed by atoms with Crippen LogP contribution in [0.4, 0.5) is 0 Å². The second kappa shape index (κ2) is 10.1. The molecular formula is C19H28ClN3S. The van der Waals surface area contributed by atoms with E-state index in [2.05, 4.69) is 52.5 Å². The molecule has 1 aromatic heterocycles. The molecule has 2 heterocycles. The highest BCUT2D eigenvalue weighted by Gasteiger charge is 2.19. The molecular weight excluding hydrogens is 338 g/mol. The number of hydrogen-bond acceptors (Lipinski definition) is 4. The van der Waals surface area contributed by atoms with Crippen LogP contribution in [0.1, 0.15) is 29.0 Å². The van der Waals surface area contributed by atoms with Crippen molar-refractivity contribution < 1.29 is 0 Å². The van der Waals surface area contributed by atoms with E-state index in [-0.39, 0.29) is 12.4 Å². The molecule has 0 saturated carbocycles. The number of aryl methyl sites for hydroxylation is 2. The molecule has 1 aromatic carbocycles. The number of rotatable bonds is 8. The van der Waals surface area contributed by atoms with Gasteiger partial charge < -0.3 is 5.32 Å². The highest BCUT2D eigenvalue weighted by Crippen LogP contribution is 2.18. The van der Waals surface area contributed by atoms with Gasteiger partial charge in [0.25, 0.3) is 0 Å². The van der Waals surface area contributed by atoms with Gasteiger partial charge in [-0.1, -0.05) is 30.3 Å². The van der Waals surface area contributed by atoms with Crippen LogP contribution in [0.2, 0.25) is 0 Å². The second-order valence-electron chi connectivity index (χ2n) is 6.54. The SMILES string of the molecule is Cc1ncsc1CN(CCCc1ccccc1)CC1CCNC1.Cl. The smallest absolute Gasteiger partial charge is 0.0798 e. The van der Waals surface area contributed by atoms with Crippen molar-refractivity contribution in [3.05, 3.63) is 52.0 Å². The fourth-order valence-corrected chi connectivity index (χ4v) is 4.12. The van der Waals surface area contributed by atoms with Crippen molar-refractivity contribution in [2.75, 3.05) is 26.2 Å². The Kier molecular flexibility index (Phi) is 8.19. The van der Waals surface area contributed by atoms with Gasteiger partial charge in [0.05, 0.1) is 11.2 Å². The van der Waals surface area contributed by atoms with Crippen molar-refractivity contribution in [1.82, 2.24) is 15.2 Å². The standard InChI is InChI=1S/C19H27N3S.ClH/c1-16-19(23-15-21-16)14-22(13-18-9-10-20-12-18)11-5-8-17-6-3-2-4-7-17;/h2-4,6-7,15,18,20H,5,8-14H2,1H3;1H. The maximum Gasteiger partial charge on any atom is 0.0798 e. The molecule has 1 fully saturated rings. The number of halogens is 1. The van der Waals surface area contributed by atoms with Gasteiger partial charge in [-0.25, -0.2) is 4.98 Å². The maximum atomic E-state index is 4.41. The third-order valence-corrected chi connectivity index (χ3v) is 5.59. The minimum Gasteiger partial charge on any atom is -0.316 e. The normalized spacial score (nSPS) is 17.2. The van der Waals surface area contributed by atoms with E-state index in [0.29, 0.717) is 0 Å². The van der Waals surface area contributed by atoms with Crippen LogP contribution in [0.3, 0.4) is 0 Å². The van der Waals surface area contributed by atoms with E-state index in [4.69, 9.17) is 0 Å². The van der Waals surface area contributed by atoms with Crippen molar-refractivity contribution in [3.8, 4) is 0 Å². The summed E-state index contributed by atoms with van der Waals surface area (Å²) in [5.41, 5.74) is 4.63. The van der Waals surface area contributed by atoms with E-state index in [1.807, 2.05) is 5.51 Å². The number of benzene rings is 1. The second-order valence-corrected chi connectivity index (χ2v) is 7.48. The summed E-state index contributed by atoms with van der Waals surface area (Å²) in [6, 6.07) is 10.8. The molecule has 24 heavy (non-hydrogen) atoms. The molecule has 3 nitrogen and oxygen atoms in total. The first kappa shape index (κ1) is 19.4. The zero-order chi connectivity index (χ0) is 15.9. The van der Waals surface area contributed by atoms with E-state index in [9.17, 15) is 0 Å². The molecule has 0 spiro atoms.